The lowest BCUT2D eigenvalue weighted by Gasteiger charge is -2.15. The number of nitrogens with one attached hydrogen (secondary N) is 1. The molecule has 0 aliphatic rings. The number of carbonyl (C=O) groups excluding carboxylic acids is 1. The molecule has 0 radical (unpaired) electrons. The Morgan fingerprint density at radius 2 is 2.23 bits per heavy atom. The summed E-state index contributed by atoms with van der Waals surface area (Å²) >= 11 is 5.99. The zero-order valence-electron chi connectivity index (χ0n) is 13.2. The Labute approximate surface area is 137 Å². The largest absolute Gasteiger partial charge is 0.482 e. The molecule has 1 rings (SSSR count). The van der Waals surface area contributed by atoms with Gasteiger partial charge >= 0.3 is 0 Å². The number of unbranched alkanes of at least 4 members (excludes halogenated alkanes) is 1. The molecule has 0 aliphatic carbocycles. The fourth-order valence-corrected chi connectivity index (χ4v) is 2.32. The van der Waals surface area contributed by atoms with Crippen LogP contribution < -0.4 is 10.1 Å². The van der Waals surface area contributed by atoms with Crippen LogP contribution in [-0.4, -0.2) is 19.1 Å². The average molecular weight is 323 g/mol. The number of benzene rings is 1. The van der Waals surface area contributed by atoms with E-state index in [4.69, 9.17) is 21.6 Å². The highest BCUT2D eigenvalue weighted by atomic mass is 35.5. The van der Waals surface area contributed by atoms with E-state index in [1.165, 1.54) is 18.9 Å². The summed E-state index contributed by atoms with van der Waals surface area (Å²) in [6, 6.07) is 6.73. The summed E-state index contributed by atoms with van der Waals surface area (Å²) in [5, 5.41) is 12.0. The van der Waals surface area contributed by atoms with Crippen LogP contribution in [0.5, 0.6) is 5.75 Å². The van der Waals surface area contributed by atoms with E-state index in [2.05, 4.69) is 19.2 Å². The lowest BCUT2D eigenvalue weighted by molar-refractivity contribution is -0.123. The van der Waals surface area contributed by atoms with Gasteiger partial charge in [0.1, 0.15) is 5.75 Å². The second-order valence-corrected chi connectivity index (χ2v) is 5.67. The van der Waals surface area contributed by atoms with E-state index in [1.807, 2.05) is 6.07 Å². The van der Waals surface area contributed by atoms with Gasteiger partial charge < -0.3 is 10.1 Å². The second kappa shape index (κ2) is 10.1. The Bertz CT molecular complexity index is 526. The number of ether oxygens (including phenoxy) is 1. The van der Waals surface area contributed by atoms with E-state index < -0.39 is 0 Å². The molecule has 0 bridgehead atoms. The van der Waals surface area contributed by atoms with Crippen molar-refractivity contribution in [2.24, 2.45) is 5.92 Å². The van der Waals surface area contributed by atoms with Crippen molar-refractivity contribution >= 4 is 17.5 Å². The van der Waals surface area contributed by atoms with Gasteiger partial charge in [-0.25, -0.2) is 0 Å². The molecule has 0 heterocycles. The molecule has 1 aromatic carbocycles. The van der Waals surface area contributed by atoms with Crippen molar-refractivity contribution in [3.63, 3.8) is 0 Å². The highest BCUT2D eigenvalue weighted by Crippen LogP contribution is 2.25. The predicted molar refractivity (Wildman–Crippen MR) is 88.0 cm³/mol. The zero-order chi connectivity index (χ0) is 16.4. The van der Waals surface area contributed by atoms with Crippen molar-refractivity contribution in [1.82, 2.24) is 5.32 Å². The van der Waals surface area contributed by atoms with Gasteiger partial charge in [0.15, 0.2) is 6.61 Å². The molecule has 1 atom stereocenters. The summed E-state index contributed by atoms with van der Waals surface area (Å²) in [7, 11) is 0. The van der Waals surface area contributed by atoms with Crippen LogP contribution in [0.1, 0.15) is 45.1 Å². The molecule has 0 spiro atoms. The monoisotopic (exact) mass is 322 g/mol. The molecule has 0 saturated heterocycles. The SMILES string of the molecule is CCCC[C@H](CC)CNC(=O)COc1ccc(C#N)cc1Cl. The Balaban J connectivity index is 2.38. The van der Waals surface area contributed by atoms with Crippen molar-refractivity contribution in [3.8, 4) is 11.8 Å². The molecule has 0 unspecified atom stereocenters. The number of amides is 1. The fourth-order valence-electron chi connectivity index (χ4n) is 2.08. The minimum atomic E-state index is -0.157. The van der Waals surface area contributed by atoms with Gasteiger partial charge in [-0.3, -0.25) is 4.79 Å². The summed E-state index contributed by atoms with van der Waals surface area (Å²) < 4.78 is 5.39. The first kappa shape index (κ1) is 18.3. The first-order valence-electron chi connectivity index (χ1n) is 7.69. The molecule has 0 saturated carbocycles. The van der Waals surface area contributed by atoms with Gasteiger partial charge in [-0.2, -0.15) is 5.26 Å². The minimum absolute atomic E-state index is 0.0736. The molecule has 4 nitrogen and oxygen atoms in total. The first-order valence-corrected chi connectivity index (χ1v) is 8.07. The van der Waals surface area contributed by atoms with Gasteiger partial charge in [-0.1, -0.05) is 44.7 Å². The van der Waals surface area contributed by atoms with Gasteiger partial charge in [0.2, 0.25) is 0 Å². The molecule has 0 fully saturated rings. The zero-order valence-corrected chi connectivity index (χ0v) is 13.9. The molecular formula is C17H23ClN2O2. The van der Waals surface area contributed by atoms with Gasteiger partial charge in [-0.05, 0) is 30.5 Å². The quantitative estimate of drug-likeness (QED) is 0.749. The molecule has 0 aliphatic heterocycles. The molecule has 5 heteroatoms. The number of rotatable bonds is 9. The van der Waals surface area contributed by atoms with Gasteiger partial charge in [-0.15, -0.1) is 0 Å². The van der Waals surface area contributed by atoms with Crippen molar-refractivity contribution in [1.29, 1.82) is 5.26 Å². The summed E-state index contributed by atoms with van der Waals surface area (Å²) in [6.45, 7) is 4.91. The van der Waals surface area contributed by atoms with E-state index in [0.29, 0.717) is 28.8 Å². The summed E-state index contributed by atoms with van der Waals surface area (Å²) in [5.41, 5.74) is 0.462. The maximum Gasteiger partial charge on any atom is 0.257 e. The van der Waals surface area contributed by atoms with E-state index in [1.54, 1.807) is 12.1 Å². The standard InChI is InChI=1S/C17H23ClN2O2/c1-3-5-6-13(4-2)11-20-17(21)12-22-16-8-7-14(10-19)9-15(16)18/h7-9,13H,3-6,11-12H2,1-2H3,(H,20,21)/t13-/m0/s1. The Kier molecular flexibility index (Phi) is 8.39. The topological polar surface area (TPSA) is 62.1 Å². The van der Waals surface area contributed by atoms with Crippen LogP contribution in [-0.2, 0) is 4.79 Å². The number of carbonyl (C=O) groups is 1. The highest BCUT2D eigenvalue weighted by molar-refractivity contribution is 6.32. The smallest absolute Gasteiger partial charge is 0.257 e. The van der Waals surface area contributed by atoms with Gasteiger partial charge in [0, 0.05) is 6.54 Å². The first-order chi connectivity index (χ1) is 10.6. The van der Waals surface area contributed by atoms with Crippen LogP contribution in [0.3, 0.4) is 0 Å². The molecular weight excluding hydrogens is 300 g/mol. The maximum atomic E-state index is 11.8. The molecule has 120 valence electrons. The van der Waals surface area contributed by atoms with Gasteiger partial charge in [0.05, 0.1) is 16.7 Å². The third-order valence-corrected chi connectivity index (χ3v) is 3.85. The molecule has 0 aromatic heterocycles. The second-order valence-electron chi connectivity index (χ2n) is 5.27. The van der Waals surface area contributed by atoms with Crippen molar-refractivity contribution < 1.29 is 9.53 Å². The number of hydrogen-bond donors (Lipinski definition) is 1. The summed E-state index contributed by atoms with van der Waals surface area (Å²) in [4.78, 5) is 11.8. The van der Waals surface area contributed by atoms with Crippen LogP contribution in [0.2, 0.25) is 5.02 Å². The molecule has 1 N–H and O–H groups in total. The average Bonchev–Trinajstić information content (AvgIpc) is 2.53. The Hall–Kier alpha value is -1.73. The molecule has 22 heavy (non-hydrogen) atoms. The lowest BCUT2D eigenvalue weighted by Crippen LogP contribution is -2.33. The summed E-state index contributed by atoms with van der Waals surface area (Å²) in [6.07, 6.45) is 4.55. The Morgan fingerprint density at radius 1 is 1.45 bits per heavy atom. The number of hydrogen-bond acceptors (Lipinski definition) is 3. The lowest BCUT2D eigenvalue weighted by atomic mass is 9.99. The number of nitrogens with zero attached hydrogens (tertiary/aromatic N) is 1. The van der Waals surface area contributed by atoms with Gasteiger partial charge in [0.25, 0.3) is 5.91 Å². The summed E-state index contributed by atoms with van der Waals surface area (Å²) in [5.74, 6) is 0.770. The Morgan fingerprint density at radius 3 is 2.82 bits per heavy atom. The van der Waals surface area contributed by atoms with Crippen LogP contribution in [0.15, 0.2) is 18.2 Å². The van der Waals surface area contributed by atoms with Crippen LogP contribution in [0.4, 0.5) is 0 Å². The van der Waals surface area contributed by atoms with Crippen LogP contribution in [0.25, 0.3) is 0 Å². The maximum absolute atomic E-state index is 11.8. The minimum Gasteiger partial charge on any atom is -0.482 e. The predicted octanol–water partition coefficient (Wildman–Crippen LogP) is 3.92. The number of nitriles is 1. The third kappa shape index (κ3) is 6.36. The van der Waals surface area contributed by atoms with Crippen molar-refractivity contribution in [2.75, 3.05) is 13.2 Å². The van der Waals surface area contributed by atoms with E-state index in [9.17, 15) is 4.79 Å². The number of halogens is 1. The molecule has 1 aromatic rings. The van der Waals surface area contributed by atoms with Crippen LogP contribution in [0, 0.1) is 17.2 Å². The van der Waals surface area contributed by atoms with Crippen molar-refractivity contribution in [2.45, 2.75) is 39.5 Å². The van der Waals surface area contributed by atoms with Crippen molar-refractivity contribution in [3.05, 3.63) is 28.8 Å². The fraction of sp³-hybridized carbons (Fsp3) is 0.529. The highest BCUT2D eigenvalue weighted by Gasteiger charge is 2.10. The third-order valence-electron chi connectivity index (χ3n) is 3.55. The molecule has 1 amide bonds. The van der Waals surface area contributed by atoms with E-state index in [0.717, 1.165) is 12.8 Å². The van der Waals surface area contributed by atoms with E-state index >= 15 is 0 Å². The normalized spacial score (nSPS) is 11.5. The van der Waals surface area contributed by atoms with E-state index in [-0.39, 0.29) is 12.5 Å². The van der Waals surface area contributed by atoms with Crippen LogP contribution >= 0.6 is 11.6 Å².